The molecule has 1 fully saturated rings. The molecule has 1 aromatic heterocycles. The Kier molecular flexibility index (Phi) is 6.05. The van der Waals surface area contributed by atoms with E-state index in [9.17, 15) is 26.4 Å². The number of benzene rings is 1. The number of carbonyl (C=O) groups is 1. The summed E-state index contributed by atoms with van der Waals surface area (Å²) < 4.78 is 63.7. The smallest absolute Gasteiger partial charge is 0.343 e. The Morgan fingerprint density at radius 2 is 2.00 bits per heavy atom. The van der Waals surface area contributed by atoms with Crippen molar-refractivity contribution in [3.63, 3.8) is 0 Å². The van der Waals surface area contributed by atoms with Gasteiger partial charge in [-0.25, -0.2) is 13.4 Å². The zero-order chi connectivity index (χ0) is 21.4. The molecule has 1 aliphatic heterocycles. The highest BCUT2D eigenvalue weighted by molar-refractivity contribution is 7.90. The Morgan fingerprint density at radius 3 is 2.59 bits per heavy atom. The lowest BCUT2D eigenvalue weighted by atomic mass is 10.1. The van der Waals surface area contributed by atoms with Gasteiger partial charge in [-0.15, -0.1) is 11.3 Å². The molecule has 2 aromatic rings. The molecule has 0 saturated carbocycles. The van der Waals surface area contributed by atoms with Crippen LogP contribution in [-0.4, -0.2) is 43.6 Å². The van der Waals surface area contributed by atoms with E-state index >= 15 is 0 Å². The number of aromatic nitrogens is 1. The number of nitrogens with zero attached hydrogens (tertiary/aromatic N) is 2. The normalized spacial score (nSPS) is 15.3. The van der Waals surface area contributed by atoms with Gasteiger partial charge in [0, 0.05) is 32.2 Å². The molecule has 1 aromatic carbocycles. The molecular weight excluding hydrogens is 425 g/mol. The van der Waals surface area contributed by atoms with E-state index in [0.29, 0.717) is 35.5 Å². The third-order valence-corrected chi connectivity index (χ3v) is 7.20. The Morgan fingerprint density at radius 1 is 1.28 bits per heavy atom. The molecule has 3 rings (SSSR count). The van der Waals surface area contributed by atoms with E-state index in [0.717, 1.165) is 42.8 Å². The Balaban J connectivity index is 1.83. The van der Waals surface area contributed by atoms with Crippen LogP contribution in [0.3, 0.4) is 0 Å². The highest BCUT2D eigenvalue weighted by atomic mass is 32.2. The second-order valence-electron chi connectivity index (χ2n) is 7.09. The van der Waals surface area contributed by atoms with Gasteiger partial charge in [-0.05, 0) is 37.5 Å². The highest BCUT2D eigenvalue weighted by Gasteiger charge is 2.36. The van der Waals surface area contributed by atoms with E-state index in [-0.39, 0.29) is 5.91 Å². The Bertz CT molecular complexity index is 1030. The van der Waals surface area contributed by atoms with Gasteiger partial charge in [0.15, 0.2) is 9.84 Å². The number of hydrogen-bond acceptors (Lipinski definition) is 5. The summed E-state index contributed by atoms with van der Waals surface area (Å²) in [5, 5.41) is 0.782. The minimum atomic E-state index is -4.78. The number of likely N-dealkylation sites (tertiary alicyclic amines) is 1. The molecule has 0 unspecified atom stereocenters. The first-order chi connectivity index (χ1) is 13.5. The standard InChI is InChI=1S/C19H21F3N2O3S2/c1-12-18(28-16(23-12)5-3-9-24-10-4-6-17(24)25)13-7-8-15(29(2,26)27)14(11-13)19(20,21)22/h7-8,11H,3-6,9-10H2,1-2H3. The predicted molar refractivity (Wildman–Crippen MR) is 105 cm³/mol. The largest absolute Gasteiger partial charge is 0.417 e. The molecule has 1 amide bonds. The third kappa shape index (κ3) is 4.98. The van der Waals surface area contributed by atoms with Crippen LogP contribution in [0.15, 0.2) is 23.1 Å². The molecule has 29 heavy (non-hydrogen) atoms. The summed E-state index contributed by atoms with van der Waals surface area (Å²) in [6.45, 7) is 3.14. The van der Waals surface area contributed by atoms with Crippen LogP contribution >= 0.6 is 11.3 Å². The van der Waals surface area contributed by atoms with E-state index in [4.69, 9.17) is 0 Å². The van der Waals surface area contributed by atoms with Crippen LogP contribution in [-0.2, 0) is 27.2 Å². The minimum Gasteiger partial charge on any atom is -0.343 e. The van der Waals surface area contributed by atoms with Crippen molar-refractivity contribution in [3.8, 4) is 10.4 Å². The zero-order valence-electron chi connectivity index (χ0n) is 16.0. The Labute approximate surface area is 171 Å². The number of halogens is 3. The van der Waals surface area contributed by atoms with Crippen molar-refractivity contribution in [2.24, 2.45) is 0 Å². The maximum absolute atomic E-state index is 13.4. The molecule has 0 N–H and O–H groups in total. The summed E-state index contributed by atoms with van der Waals surface area (Å²) in [4.78, 5) is 17.8. The summed E-state index contributed by atoms with van der Waals surface area (Å²) in [6, 6.07) is 3.27. The number of amides is 1. The van der Waals surface area contributed by atoms with Crippen molar-refractivity contribution < 1.29 is 26.4 Å². The van der Waals surface area contributed by atoms with Crippen LogP contribution in [0.1, 0.15) is 35.5 Å². The fraction of sp³-hybridized carbons (Fsp3) is 0.474. The number of thiazole rings is 1. The van der Waals surface area contributed by atoms with Crippen molar-refractivity contribution in [3.05, 3.63) is 34.5 Å². The highest BCUT2D eigenvalue weighted by Crippen LogP contribution is 2.39. The van der Waals surface area contributed by atoms with Crippen LogP contribution in [0.4, 0.5) is 13.2 Å². The lowest BCUT2D eigenvalue weighted by molar-refractivity contribution is -0.139. The minimum absolute atomic E-state index is 0.159. The first-order valence-corrected chi connectivity index (χ1v) is 11.8. The first-order valence-electron chi connectivity index (χ1n) is 9.12. The van der Waals surface area contributed by atoms with E-state index in [1.54, 1.807) is 6.92 Å². The quantitative estimate of drug-likeness (QED) is 0.670. The van der Waals surface area contributed by atoms with Crippen LogP contribution < -0.4 is 0 Å². The van der Waals surface area contributed by atoms with Crippen molar-refractivity contribution in [2.75, 3.05) is 19.3 Å². The number of carbonyl (C=O) groups excluding carboxylic acids is 1. The van der Waals surface area contributed by atoms with Crippen molar-refractivity contribution in [1.82, 2.24) is 9.88 Å². The number of alkyl halides is 3. The molecule has 0 aliphatic carbocycles. The van der Waals surface area contributed by atoms with Gasteiger partial charge in [0.05, 0.1) is 26.0 Å². The molecule has 1 saturated heterocycles. The van der Waals surface area contributed by atoms with Gasteiger partial charge in [-0.1, -0.05) is 6.07 Å². The van der Waals surface area contributed by atoms with Crippen LogP contribution in [0, 0.1) is 6.92 Å². The van der Waals surface area contributed by atoms with Gasteiger partial charge in [0.25, 0.3) is 0 Å². The summed E-state index contributed by atoms with van der Waals surface area (Å²) >= 11 is 1.30. The molecular formula is C19H21F3N2O3S2. The Hall–Kier alpha value is -1.94. The number of sulfone groups is 1. The SMILES string of the molecule is Cc1nc(CCCN2CCCC2=O)sc1-c1ccc(S(C)(=O)=O)c(C(F)(F)F)c1. The summed E-state index contributed by atoms with van der Waals surface area (Å²) in [7, 11) is -4.01. The average Bonchev–Trinajstić information content (AvgIpc) is 3.18. The number of hydrogen-bond donors (Lipinski definition) is 0. The second-order valence-corrected chi connectivity index (χ2v) is 10.2. The van der Waals surface area contributed by atoms with E-state index in [2.05, 4.69) is 4.98 Å². The topological polar surface area (TPSA) is 67.3 Å². The first kappa shape index (κ1) is 21.8. The fourth-order valence-corrected chi connectivity index (χ4v) is 5.40. The summed E-state index contributed by atoms with van der Waals surface area (Å²) in [5.74, 6) is 0.159. The molecule has 1 aliphatic rings. The fourth-order valence-electron chi connectivity index (χ4n) is 3.40. The van der Waals surface area contributed by atoms with Gasteiger partial charge in [0.2, 0.25) is 5.91 Å². The monoisotopic (exact) mass is 446 g/mol. The van der Waals surface area contributed by atoms with Crippen molar-refractivity contribution in [2.45, 2.75) is 43.7 Å². The molecule has 0 radical (unpaired) electrons. The summed E-state index contributed by atoms with van der Waals surface area (Å²) in [6.07, 6.45) is -1.19. The van der Waals surface area contributed by atoms with Gasteiger partial charge in [0.1, 0.15) is 0 Å². The number of aryl methyl sites for hydroxylation is 2. The lowest BCUT2D eigenvalue weighted by Crippen LogP contribution is -2.25. The van der Waals surface area contributed by atoms with Crippen molar-refractivity contribution >= 4 is 27.1 Å². The van der Waals surface area contributed by atoms with Gasteiger partial charge < -0.3 is 4.90 Å². The maximum Gasteiger partial charge on any atom is 0.417 e. The van der Waals surface area contributed by atoms with Crippen LogP contribution in [0.5, 0.6) is 0 Å². The molecule has 10 heteroatoms. The van der Waals surface area contributed by atoms with E-state index in [1.807, 2.05) is 4.90 Å². The second kappa shape index (κ2) is 8.06. The van der Waals surface area contributed by atoms with Crippen LogP contribution in [0.25, 0.3) is 10.4 Å². The molecule has 0 spiro atoms. The third-order valence-electron chi connectivity index (χ3n) is 4.78. The van der Waals surface area contributed by atoms with Crippen molar-refractivity contribution in [1.29, 1.82) is 0 Å². The van der Waals surface area contributed by atoms with Gasteiger partial charge >= 0.3 is 6.18 Å². The van der Waals surface area contributed by atoms with Gasteiger partial charge in [-0.2, -0.15) is 13.2 Å². The lowest BCUT2D eigenvalue weighted by Gasteiger charge is -2.14. The molecule has 5 nitrogen and oxygen atoms in total. The zero-order valence-corrected chi connectivity index (χ0v) is 17.7. The average molecular weight is 447 g/mol. The molecule has 0 bridgehead atoms. The van der Waals surface area contributed by atoms with E-state index in [1.165, 1.54) is 17.4 Å². The molecule has 2 heterocycles. The summed E-state index contributed by atoms with van der Waals surface area (Å²) in [5.41, 5.74) is -0.275. The molecule has 158 valence electrons. The van der Waals surface area contributed by atoms with Gasteiger partial charge in [-0.3, -0.25) is 4.79 Å². The number of rotatable bonds is 6. The molecule has 0 atom stereocenters. The predicted octanol–water partition coefficient (Wildman–Crippen LogP) is 4.10. The van der Waals surface area contributed by atoms with E-state index < -0.39 is 26.5 Å². The van der Waals surface area contributed by atoms with Crippen LogP contribution in [0.2, 0.25) is 0 Å². The maximum atomic E-state index is 13.4.